The Morgan fingerprint density at radius 1 is 1.19 bits per heavy atom. The van der Waals surface area contributed by atoms with E-state index in [0.29, 0.717) is 0 Å². The van der Waals surface area contributed by atoms with E-state index in [-0.39, 0.29) is 18.6 Å². The van der Waals surface area contributed by atoms with E-state index in [2.05, 4.69) is 37.5 Å². The summed E-state index contributed by atoms with van der Waals surface area (Å²) in [4.78, 5) is 14.6. The van der Waals surface area contributed by atoms with Gasteiger partial charge in [-0.1, -0.05) is 18.2 Å². The van der Waals surface area contributed by atoms with Crippen LogP contribution in [0.1, 0.15) is 18.4 Å². The molecule has 2 aromatic rings. The van der Waals surface area contributed by atoms with Gasteiger partial charge in [-0.2, -0.15) is 0 Å². The fraction of sp³-hybridized carbons (Fsp3) is 0.350. The number of carbonyl (C=O) groups excluding carboxylic acids is 1. The first-order chi connectivity index (χ1) is 12.5. The minimum Gasteiger partial charge on any atom is -0.393 e. The molecule has 1 aliphatic rings. The van der Waals surface area contributed by atoms with E-state index in [0.717, 1.165) is 53.0 Å². The van der Waals surface area contributed by atoms with Crippen molar-refractivity contribution in [3.63, 3.8) is 0 Å². The molecule has 3 rings (SSSR count). The summed E-state index contributed by atoms with van der Waals surface area (Å²) >= 11 is 3.48. The lowest BCUT2D eigenvalue weighted by Crippen LogP contribution is -2.36. The summed E-state index contributed by atoms with van der Waals surface area (Å²) in [6, 6.07) is 13.8. The highest BCUT2D eigenvalue weighted by atomic mass is 79.9. The molecular formula is C20H24BrN3O2. The van der Waals surface area contributed by atoms with E-state index in [9.17, 15) is 9.90 Å². The monoisotopic (exact) mass is 417 g/mol. The van der Waals surface area contributed by atoms with Crippen molar-refractivity contribution in [1.29, 1.82) is 0 Å². The van der Waals surface area contributed by atoms with Gasteiger partial charge in [0.15, 0.2) is 0 Å². The third-order valence-electron chi connectivity index (χ3n) is 4.55. The summed E-state index contributed by atoms with van der Waals surface area (Å²) < 4.78 is 0.873. The molecule has 0 spiro atoms. The Morgan fingerprint density at radius 3 is 2.65 bits per heavy atom. The number of piperidine rings is 1. The number of aliphatic hydroxyl groups excluding tert-OH is 1. The lowest BCUT2D eigenvalue weighted by molar-refractivity contribution is -0.114. The van der Waals surface area contributed by atoms with Gasteiger partial charge in [-0.25, -0.2) is 0 Å². The minimum absolute atomic E-state index is 0.0987. The first kappa shape index (κ1) is 18.7. The van der Waals surface area contributed by atoms with E-state index >= 15 is 0 Å². The van der Waals surface area contributed by atoms with Crippen LogP contribution < -0.4 is 15.5 Å². The average Bonchev–Trinajstić information content (AvgIpc) is 2.63. The first-order valence-corrected chi connectivity index (χ1v) is 9.64. The molecule has 0 unspecified atom stereocenters. The van der Waals surface area contributed by atoms with Crippen LogP contribution in [0.25, 0.3) is 0 Å². The number of rotatable bonds is 5. The van der Waals surface area contributed by atoms with Gasteiger partial charge in [-0.3, -0.25) is 4.79 Å². The highest BCUT2D eigenvalue weighted by molar-refractivity contribution is 9.10. The minimum atomic E-state index is -0.204. The number of amides is 1. The number of hydrogen-bond donors (Lipinski definition) is 3. The van der Waals surface area contributed by atoms with Crippen LogP contribution in [0.5, 0.6) is 0 Å². The Bertz CT molecular complexity index is 773. The number of nitrogens with one attached hydrogen (secondary N) is 2. The van der Waals surface area contributed by atoms with Crippen molar-refractivity contribution < 1.29 is 9.90 Å². The number of para-hydroxylation sites is 2. The van der Waals surface area contributed by atoms with Gasteiger partial charge in [0, 0.05) is 17.6 Å². The Labute approximate surface area is 162 Å². The third-order valence-corrected chi connectivity index (χ3v) is 5.20. The van der Waals surface area contributed by atoms with E-state index in [1.807, 2.05) is 43.3 Å². The Morgan fingerprint density at radius 2 is 1.92 bits per heavy atom. The molecule has 1 heterocycles. The zero-order valence-corrected chi connectivity index (χ0v) is 16.4. The molecule has 0 saturated carbocycles. The van der Waals surface area contributed by atoms with Gasteiger partial charge < -0.3 is 20.6 Å². The van der Waals surface area contributed by atoms with E-state index in [1.165, 1.54) is 0 Å². The molecule has 0 aromatic heterocycles. The van der Waals surface area contributed by atoms with Gasteiger partial charge in [0.1, 0.15) is 0 Å². The molecule has 6 heteroatoms. The standard InChI is InChI=1S/C20H24BrN3O2/c1-14-6-7-17(16(21)12-14)23-20(26)13-22-18-4-2-3-5-19(18)24-10-8-15(25)9-11-24/h2-7,12,15,22,25H,8-11,13H2,1H3,(H,23,26). The molecule has 26 heavy (non-hydrogen) atoms. The summed E-state index contributed by atoms with van der Waals surface area (Å²) in [5.74, 6) is -0.0987. The van der Waals surface area contributed by atoms with Gasteiger partial charge in [0.05, 0.1) is 29.7 Å². The molecular weight excluding hydrogens is 394 g/mol. The van der Waals surface area contributed by atoms with Crippen molar-refractivity contribution in [2.75, 3.05) is 35.2 Å². The van der Waals surface area contributed by atoms with Crippen molar-refractivity contribution in [3.8, 4) is 0 Å². The summed E-state index contributed by atoms with van der Waals surface area (Å²) in [5.41, 5.74) is 3.90. The molecule has 1 saturated heterocycles. The number of benzene rings is 2. The fourth-order valence-electron chi connectivity index (χ4n) is 3.10. The lowest BCUT2D eigenvalue weighted by Gasteiger charge is -2.32. The number of aliphatic hydroxyl groups is 1. The number of nitrogens with zero attached hydrogens (tertiary/aromatic N) is 1. The maximum absolute atomic E-state index is 12.3. The van der Waals surface area contributed by atoms with Gasteiger partial charge in [0.2, 0.25) is 5.91 Å². The van der Waals surface area contributed by atoms with E-state index < -0.39 is 0 Å². The molecule has 0 aliphatic carbocycles. The van der Waals surface area contributed by atoms with Gasteiger partial charge in [-0.05, 0) is 65.5 Å². The normalized spacial score (nSPS) is 15.0. The highest BCUT2D eigenvalue weighted by Crippen LogP contribution is 2.28. The highest BCUT2D eigenvalue weighted by Gasteiger charge is 2.19. The zero-order chi connectivity index (χ0) is 18.5. The zero-order valence-electron chi connectivity index (χ0n) is 14.8. The summed E-state index contributed by atoms with van der Waals surface area (Å²) in [6.07, 6.45) is 1.34. The second kappa shape index (κ2) is 8.56. The Balaban J connectivity index is 1.61. The summed E-state index contributed by atoms with van der Waals surface area (Å²) in [5, 5.41) is 15.9. The van der Waals surface area contributed by atoms with Gasteiger partial charge in [0.25, 0.3) is 0 Å². The lowest BCUT2D eigenvalue weighted by atomic mass is 10.1. The number of anilines is 3. The topological polar surface area (TPSA) is 64.6 Å². The number of halogens is 1. The van der Waals surface area contributed by atoms with E-state index in [4.69, 9.17) is 0 Å². The van der Waals surface area contributed by atoms with Crippen LogP contribution in [0, 0.1) is 6.92 Å². The van der Waals surface area contributed by atoms with Crippen LogP contribution in [0.2, 0.25) is 0 Å². The van der Waals surface area contributed by atoms with Gasteiger partial charge in [-0.15, -0.1) is 0 Å². The molecule has 3 N–H and O–H groups in total. The van der Waals surface area contributed by atoms with Crippen LogP contribution in [0.15, 0.2) is 46.9 Å². The smallest absolute Gasteiger partial charge is 0.243 e. The molecule has 1 fully saturated rings. The van der Waals surface area contributed by atoms with Crippen molar-refractivity contribution in [1.82, 2.24) is 0 Å². The Kier molecular flexibility index (Phi) is 6.16. The number of aryl methyl sites for hydroxylation is 1. The predicted molar refractivity (Wildman–Crippen MR) is 110 cm³/mol. The number of hydrogen-bond acceptors (Lipinski definition) is 4. The maximum atomic E-state index is 12.3. The average molecular weight is 418 g/mol. The molecule has 138 valence electrons. The first-order valence-electron chi connectivity index (χ1n) is 8.85. The molecule has 1 amide bonds. The third kappa shape index (κ3) is 4.77. The summed E-state index contributed by atoms with van der Waals surface area (Å²) in [7, 11) is 0. The molecule has 0 radical (unpaired) electrons. The van der Waals surface area contributed by atoms with Crippen molar-refractivity contribution in [2.45, 2.75) is 25.9 Å². The van der Waals surface area contributed by atoms with Crippen molar-refractivity contribution in [2.24, 2.45) is 0 Å². The molecule has 0 atom stereocenters. The van der Waals surface area contributed by atoms with E-state index in [1.54, 1.807) is 0 Å². The van der Waals surface area contributed by atoms with Crippen LogP contribution in [-0.2, 0) is 4.79 Å². The maximum Gasteiger partial charge on any atom is 0.243 e. The molecule has 2 aromatic carbocycles. The largest absolute Gasteiger partial charge is 0.393 e. The summed E-state index contributed by atoms with van der Waals surface area (Å²) in [6.45, 7) is 3.84. The van der Waals surface area contributed by atoms with Crippen LogP contribution in [-0.4, -0.2) is 36.8 Å². The molecule has 0 bridgehead atoms. The SMILES string of the molecule is Cc1ccc(NC(=O)CNc2ccccc2N2CCC(O)CC2)c(Br)c1. The van der Waals surface area contributed by atoms with Crippen LogP contribution >= 0.6 is 15.9 Å². The van der Waals surface area contributed by atoms with Crippen LogP contribution in [0.3, 0.4) is 0 Å². The van der Waals surface area contributed by atoms with Crippen molar-refractivity contribution in [3.05, 3.63) is 52.5 Å². The van der Waals surface area contributed by atoms with Gasteiger partial charge >= 0.3 is 0 Å². The second-order valence-electron chi connectivity index (χ2n) is 6.62. The Hall–Kier alpha value is -2.05. The number of carbonyl (C=O) groups is 1. The predicted octanol–water partition coefficient (Wildman–Crippen LogP) is 3.77. The molecule has 1 aliphatic heterocycles. The second-order valence-corrected chi connectivity index (χ2v) is 7.47. The quantitative estimate of drug-likeness (QED) is 0.692. The van der Waals surface area contributed by atoms with Crippen LogP contribution in [0.4, 0.5) is 17.1 Å². The van der Waals surface area contributed by atoms with Crippen molar-refractivity contribution >= 4 is 38.9 Å². The fourth-order valence-corrected chi connectivity index (χ4v) is 3.69. The molecule has 5 nitrogen and oxygen atoms in total.